The SMILES string of the molecule is CC/C=C\C/C=C\C/C=C\C/C=C\C/C=C\C/C=C\CCC(=O)OCC(COCCCCCCCC/C=C\CCCCCC)OC(=O)CCCCCCCCCCCCCCCCC. The largest absolute Gasteiger partial charge is 0.462 e. The van der Waals surface area contributed by atoms with Crippen molar-refractivity contribution in [3.63, 3.8) is 0 Å². The molecule has 368 valence electrons. The summed E-state index contributed by atoms with van der Waals surface area (Å²) in [6, 6.07) is 0. The lowest BCUT2D eigenvalue weighted by Gasteiger charge is -2.18. The number of carbonyl (C=O) groups is 2. The van der Waals surface area contributed by atoms with E-state index in [0.29, 0.717) is 25.9 Å². The van der Waals surface area contributed by atoms with E-state index in [9.17, 15) is 9.59 Å². The van der Waals surface area contributed by atoms with E-state index in [1.54, 1.807) is 0 Å². The third kappa shape index (κ3) is 51.7. The summed E-state index contributed by atoms with van der Waals surface area (Å²) < 4.78 is 17.4. The Kier molecular flexibility index (Phi) is 51.9. The summed E-state index contributed by atoms with van der Waals surface area (Å²) in [6.45, 7) is 7.63. The minimum absolute atomic E-state index is 0.0420. The number of hydrogen-bond acceptors (Lipinski definition) is 5. The summed E-state index contributed by atoms with van der Waals surface area (Å²) >= 11 is 0. The number of ether oxygens (including phenoxy) is 3. The zero-order valence-corrected chi connectivity index (χ0v) is 42.3. The summed E-state index contributed by atoms with van der Waals surface area (Å²) in [5, 5.41) is 0. The zero-order chi connectivity index (χ0) is 46.3. The Labute approximate surface area is 397 Å². The predicted molar refractivity (Wildman–Crippen MR) is 279 cm³/mol. The molecule has 0 N–H and O–H groups in total. The molecule has 0 saturated carbocycles. The average molecular weight is 891 g/mol. The standard InChI is InChI=1S/C59H102O5/c1-4-7-10-13-16-19-22-25-28-29-30-31-33-34-37-40-43-46-49-52-58(60)63-56-57(55-62-54-51-48-45-42-39-36-27-24-21-18-15-12-9-6-3)64-59(61)53-50-47-44-41-38-35-32-26-23-20-17-14-11-8-5-2/h7,10,16,19,21,24-25,28,30-31,34,37,43,46,57H,4-6,8-9,11-15,17-18,20,22-23,26-27,29,32-33,35-36,38-42,44-45,47-56H2,1-3H3/b10-7-,19-16-,24-21-,28-25-,31-30-,37-34-,46-43-. The molecule has 1 atom stereocenters. The van der Waals surface area contributed by atoms with Crippen molar-refractivity contribution < 1.29 is 23.8 Å². The summed E-state index contributed by atoms with van der Waals surface area (Å²) in [4.78, 5) is 25.4. The smallest absolute Gasteiger partial charge is 0.306 e. The fraction of sp³-hybridized carbons (Fsp3) is 0.729. The van der Waals surface area contributed by atoms with E-state index in [2.05, 4.69) is 99.8 Å². The summed E-state index contributed by atoms with van der Waals surface area (Å²) in [7, 11) is 0. The van der Waals surface area contributed by atoms with Crippen LogP contribution in [0.1, 0.15) is 252 Å². The summed E-state index contributed by atoms with van der Waals surface area (Å²) in [5.41, 5.74) is 0. The van der Waals surface area contributed by atoms with Crippen molar-refractivity contribution in [3.8, 4) is 0 Å². The van der Waals surface area contributed by atoms with Crippen LogP contribution >= 0.6 is 0 Å². The number of unbranched alkanes of at least 4 members (excludes halogenated alkanes) is 24. The van der Waals surface area contributed by atoms with Crippen LogP contribution in [0.4, 0.5) is 0 Å². The fourth-order valence-electron chi connectivity index (χ4n) is 7.41. The molecule has 5 nitrogen and oxygen atoms in total. The van der Waals surface area contributed by atoms with Crippen LogP contribution in [0.25, 0.3) is 0 Å². The molecule has 1 unspecified atom stereocenters. The Hall–Kier alpha value is -2.92. The normalized spacial score (nSPS) is 12.9. The third-order valence-corrected chi connectivity index (χ3v) is 11.4. The molecule has 64 heavy (non-hydrogen) atoms. The first kappa shape index (κ1) is 61.1. The minimum Gasteiger partial charge on any atom is -0.462 e. The van der Waals surface area contributed by atoms with Gasteiger partial charge in [0.05, 0.1) is 6.61 Å². The second-order valence-electron chi connectivity index (χ2n) is 17.8. The van der Waals surface area contributed by atoms with Crippen molar-refractivity contribution in [2.75, 3.05) is 19.8 Å². The zero-order valence-electron chi connectivity index (χ0n) is 42.3. The molecule has 0 aliphatic carbocycles. The average Bonchev–Trinajstić information content (AvgIpc) is 3.30. The molecule has 0 rings (SSSR count). The Morgan fingerprint density at radius 2 is 0.734 bits per heavy atom. The monoisotopic (exact) mass is 891 g/mol. The molecule has 0 aliphatic heterocycles. The van der Waals surface area contributed by atoms with Crippen molar-refractivity contribution in [1.82, 2.24) is 0 Å². The first-order valence-electron chi connectivity index (χ1n) is 27.1. The quantitative estimate of drug-likeness (QED) is 0.0346. The maximum absolute atomic E-state index is 12.8. The number of hydrogen-bond donors (Lipinski definition) is 0. The molecule has 0 amide bonds. The van der Waals surface area contributed by atoms with Gasteiger partial charge in [-0.2, -0.15) is 0 Å². The van der Waals surface area contributed by atoms with Crippen LogP contribution in [0.15, 0.2) is 85.1 Å². The highest BCUT2D eigenvalue weighted by Gasteiger charge is 2.17. The predicted octanol–water partition coefficient (Wildman–Crippen LogP) is 18.5. The van der Waals surface area contributed by atoms with Gasteiger partial charge in [-0.15, -0.1) is 0 Å². The van der Waals surface area contributed by atoms with Gasteiger partial charge in [0.15, 0.2) is 6.10 Å². The van der Waals surface area contributed by atoms with Gasteiger partial charge in [-0.25, -0.2) is 0 Å². The van der Waals surface area contributed by atoms with Crippen LogP contribution in [0, 0.1) is 0 Å². The summed E-state index contributed by atoms with van der Waals surface area (Å²) in [6.07, 6.45) is 71.8. The molecule has 5 heteroatoms. The van der Waals surface area contributed by atoms with Gasteiger partial charge >= 0.3 is 11.9 Å². The maximum atomic E-state index is 12.8. The second-order valence-corrected chi connectivity index (χ2v) is 17.8. The molecule has 0 heterocycles. The van der Waals surface area contributed by atoms with E-state index in [1.807, 2.05) is 6.08 Å². The molecule has 0 aromatic carbocycles. The molecular weight excluding hydrogens is 789 g/mol. The topological polar surface area (TPSA) is 61.8 Å². The number of carbonyl (C=O) groups excluding carboxylic acids is 2. The number of rotatable bonds is 49. The van der Waals surface area contributed by atoms with Gasteiger partial charge in [0.1, 0.15) is 6.61 Å². The number of allylic oxidation sites excluding steroid dienone is 14. The van der Waals surface area contributed by atoms with Crippen LogP contribution in [-0.2, 0) is 23.8 Å². The molecule has 0 aromatic rings. The van der Waals surface area contributed by atoms with Crippen molar-refractivity contribution in [3.05, 3.63) is 85.1 Å². The van der Waals surface area contributed by atoms with E-state index in [-0.39, 0.29) is 25.2 Å². The lowest BCUT2D eigenvalue weighted by molar-refractivity contribution is -0.162. The van der Waals surface area contributed by atoms with E-state index in [0.717, 1.165) is 64.2 Å². The van der Waals surface area contributed by atoms with Gasteiger partial charge < -0.3 is 14.2 Å². The first-order valence-corrected chi connectivity index (χ1v) is 27.1. The van der Waals surface area contributed by atoms with E-state index < -0.39 is 6.10 Å². The van der Waals surface area contributed by atoms with Gasteiger partial charge in [0.2, 0.25) is 0 Å². The molecule has 0 radical (unpaired) electrons. The Balaban J connectivity index is 4.38. The van der Waals surface area contributed by atoms with Crippen molar-refractivity contribution in [2.24, 2.45) is 0 Å². The van der Waals surface area contributed by atoms with E-state index in [4.69, 9.17) is 14.2 Å². The Bertz CT molecular complexity index is 1190. The number of esters is 2. The van der Waals surface area contributed by atoms with Crippen LogP contribution < -0.4 is 0 Å². The molecular formula is C59H102O5. The van der Waals surface area contributed by atoms with Crippen LogP contribution in [0.3, 0.4) is 0 Å². The second kappa shape index (κ2) is 54.4. The summed E-state index contributed by atoms with van der Waals surface area (Å²) in [5.74, 6) is -0.492. The Morgan fingerprint density at radius 1 is 0.359 bits per heavy atom. The van der Waals surface area contributed by atoms with Crippen LogP contribution in [0.2, 0.25) is 0 Å². The lowest BCUT2D eigenvalue weighted by Crippen LogP contribution is -2.30. The van der Waals surface area contributed by atoms with Crippen molar-refractivity contribution in [2.45, 2.75) is 258 Å². The highest BCUT2D eigenvalue weighted by Crippen LogP contribution is 2.15. The van der Waals surface area contributed by atoms with E-state index in [1.165, 1.54) is 148 Å². The van der Waals surface area contributed by atoms with Crippen molar-refractivity contribution >= 4 is 11.9 Å². The van der Waals surface area contributed by atoms with Gasteiger partial charge in [0, 0.05) is 19.4 Å². The van der Waals surface area contributed by atoms with Crippen LogP contribution in [-0.4, -0.2) is 37.9 Å². The van der Waals surface area contributed by atoms with Gasteiger partial charge in [-0.05, 0) is 83.5 Å². The lowest BCUT2D eigenvalue weighted by atomic mass is 10.0. The molecule has 0 spiro atoms. The van der Waals surface area contributed by atoms with Gasteiger partial charge in [-0.1, -0.05) is 241 Å². The molecule has 0 saturated heterocycles. The van der Waals surface area contributed by atoms with Gasteiger partial charge in [-0.3, -0.25) is 9.59 Å². The minimum atomic E-state index is -0.571. The fourth-order valence-corrected chi connectivity index (χ4v) is 7.41. The molecule has 0 bridgehead atoms. The third-order valence-electron chi connectivity index (χ3n) is 11.4. The molecule has 0 aliphatic rings. The van der Waals surface area contributed by atoms with Crippen LogP contribution in [0.5, 0.6) is 0 Å². The molecule has 0 fully saturated rings. The first-order chi connectivity index (χ1) is 31.6. The van der Waals surface area contributed by atoms with Crippen molar-refractivity contribution in [1.29, 1.82) is 0 Å². The Morgan fingerprint density at radius 3 is 1.20 bits per heavy atom. The highest BCUT2D eigenvalue weighted by atomic mass is 16.6. The van der Waals surface area contributed by atoms with Gasteiger partial charge in [0.25, 0.3) is 0 Å². The van der Waals surface area contributed by atoms with E-state index >= 15 is 0 Å². The maximum Gasteiger partial charge on any atom is 0.306 e. The highest BCUT2D eigenvalue weighted by molar-refractivity contribution is 5.70. The molecule has 0 aromatic heterocycles.